The van der Waals surface area contributed by atoms with Crippen LogP contribution in [0.3, 0.4) is 0 Å². The maximum atomic E-state index is 13.1. The number of anilines is 1. The molecule has 0 aliphatic carbocycles. The molecule has 1 amide bonds. The van der Waals surface area contributed by atoms with E-state index in [1.807, 2.05) is 18.2 Å². The SMILES string of the molecule is O=C(c1ccc(Br)o1)N(CCN1CCOCC1)c1nc2ccc(Br)cc2s1. The van der Waals surface area contributed by atoms with Crippen LogP contribution in [0.15, 0.2) is 43.9 Å². The molecule has 1 aliphatic heterocycles. The lowest BCUT2D eigenvalue weighted by atomic mass is 10.3. The van der Waals surface area contributed by atoms with Gasteiger partial charge in [-0.2, -0.15) is 0 Å². The van der Waals surface area contributed by atoms with Crippen molar-refractivity contribution < 1.29 is 13.9 Å². The van der Waals surface area contributed by atoms with E-state index in [9.17, 15) is 4.79 Å². The highest BCUT2D eigenvalue weighted by Gasteiger charge is 2.25. The maximum Gasteiger partial charge on any atom is 0.295 e. The van der Waals surface area contributed by atoms with E-state index in [-0.39, 0.29) is 5.91 Å². The molecule has 3 aromatic rings. The number of furan rings is 1. The Bertz CT molecular complexity index is 952. The van der Waals surface area contributed by atoms with Crippen LogP contribution in [0.25, 0.3) is 10.2 Å². The van der Waals surface area contributed by atoms with Crippen molar-refractivity contribution in [1.82, 2.24) is 9.88 Å². The number of amides is 1. The molecule has 1 fully saturated rings. The van der Waals surface area contributed by atoms with Crippen molar-refractivity contribution in [2.75, 3.05) is 44.3 Å². The van der Waals surface area contributed by atoms with Gasteiger partial charge < -0.3 is 9.15 Å². The zero-order valence-electron chi connectivity index (χ0n) is 14.4. The van der Waals surface area contributed by atoms with E-state index in [0.717, 1.165) is 47.5 Å². The Morgan fingerprint density at radius 3 is 2.78 bits per heavy atom. The number of halogens is 2. The number of hydrogen-bond donors (Lipinski definition) is 0. The minimum atomic E-state index is -0.188. The van der Waals surface area contributed by atoms with Crippen molar-refractivity contribution >= 4 is 64.5 Å². The number of fused-ring (bicyclic) bond motifs is 1. The van der Waals surface area contributed by atoms with Gasteiger partial charge in [-0.05, 0) is 46.3 Å². The number of thiazole rings is 1. The van der Waals surface area contributed by atoms with Crippen LogP contribution in [0.4, 0.5) is 5.13 Å². The number of benzene rings is 1. The molecule has 0 N–H and O–H groups in total. The summed E-state index contributed by atoms with van der Waals surface area (Å²) in [5.41, 5.74) is 0.878. The highest BCUT2D eigenvalue weighted by atomic mass is 79.9. The van der Waals surface area contributed by atoms with Crippen LogP contribution in [0.1, 0.15) is 10.6 Å². The van der Waals surface area contributed by atoms with Crippen LogP contribution < -0.4 is 4.90 Å². The molecule has 4 rings (SSSR count). The van der Waals surface area contributed by atoms with Crippen molar-refractivity contribution in [3.63, 3.8) is 0 Å². The molecule has 0 saturated carbocycles. The van der Waals surface area contributed by atoms with Gasteiger partial charge >= 0.3 is 0 Å². The fourth-order valence-corrected chi connectivity index (χ4v) is 4.76. The summed E-state index contributed by atoms with van der Waals surface area (Å²) in [6.07, 6.45) is 0. The summed E-state index contributed by atoms with van der Waals surface area (Å²) in [5, 5.41) is 0.675. The van der Waals surface area contributed by atoms with Crippen molar-refractivity contribution in [3.05, 3.63) is 45.2 Å². The lowest BCUT2D eigenvalue weighted by molar-refractivity contribution is 0.0390. The first kappa shape index (κ1) is 19.1. The van der Waals surface area contributed by atoms with Gasteiger partial charge in [0.1, 0.15) is 0 Å². The molecule has 1 saturated heterocycles. The van der Waals surface area contributed by atoms with Crippen molar-refractivity contribution in [2.24, 2.45) is 0 Å². The van der Waals surface area contributed by atoms with E-state index in [1.54, 1.807) is 17.0 Å². The van der Waals surface area contributed by atoms with E-state index in [1.165, 1.54) is 11.3 Å². The van der Waals surface area contributed by atoms with Gasteiger partial charge in [-0.1, -0.05) is 27.3 Å². The summed E-state index contributed by atoms with van der Waals surface area (Å²) < 4.78 is 13.5. The van der Waals surface area contributed by atoms with Crippen LogP contribution >= 0.6 is 43.2 Å². The molecule has 0 atom stereocenters. The van der Waals surface area contributed by atoms with E-state index >= 15 is 0 Å². The molecule has 3 heterocycles. The molecule has 9 heteroatoms. The number of nitrogens with zero attached hydrogens (tertiary/aromatic N) is 3. The summed E-state index contributed by atoms with van der Waals surface area (Å²) in [6, 6.07) is 9.33. The highest BCUT2D eigenvalue weighted by Crippen LogP contribution is 2.32. The summed E-state index contributed by atoms with van der Waals surface area (Å²) in [5.74, 6) is 0.108. The average molecular weight is 515 g/mol. The molecule has 2 aromatic heterocycles. The minimum absolute atomic E-state index is 0.188. The molecule has 0 spiro atoms. The van der Waals surface area contributed by atoms with Crippen LogP contribution in [0.5, 0.6) is 0 Å². The first-order valence-corrected chi connectivity index (χ1v) is 10.9. The monoisotopic (exact) mass is 513 g/mol. The van der Waals surface area contributed by atoms with Crippen molar-refractivity contribution in [2.45, 2.75) is 0 Å². The lowest BCUT2D eigenvalue weighted by Crippen LogP contribution is -2.43. The molecular weight excluding hydrogens is 498 g/mol. The van der Waals surface area contributed by atoms with Crippen LogP contribution in [0, 0.1) is 0 Å². The largest absolute Gasteiger partial charge is 0.444 e. The minimum Gasteiger partial charge on any atom is -0.444 e. The van der Waals surface area contributed by atoms with Gasteiger partial charge in [0.15, 0.2) is 15.6 Å². The zero-order chi connectivity index (χ0) is 18.8. The average Bonchev–Trinajstić information content (AvgIpc) is 3.28. The van der Waals surface area contributed by atoms with Gasteiger partial charge in [0.25, 0.3) is 5.91 Å². The van der Waals surface area contributed by atoms with Gasteiger partial charge in [-0.3, -0.25) is 14.6 Å². The van der Waals surface area contributed by atoms with Gasteiger partial charge in [-0.25, -0.2) is 4.98 Å². The fourth-order valence-electron chi connectivity index (χ4n) is 2.91. The third-order valence-corrected chi connectivity index (χ3v) is 6.30. The number of carbonyl (C=O) groups excluding carboxylic acids is 1. The second-order valence-electron chi connectivity index (χ2n) is 6.12. The summed E-state index contributed by atoms with van der Waals surface area (Å²) in [6.45, 7) is 4.51. The third kappa shape index (κ3) is 4.43. The fraction of sp³-hybridized carbons (Fsp3) is 0.333. The molecule has 1 aliphatic rings. The Morgan fingerprint density at radius 1 is 1.22 bits per heavy atom. The topological polar surface area (TPSA) is 58.8 Å². The first-order chi connectivity index (χ1) is 13.1. The number of rotatable bonds is 5. The predicted molar refractivity (Wildman–Crippen MR) is 113 cm³/mol. The number of ether oxygens (including phenoxy) is 1. The second kappa shape index (κ2) is 8.40. The van der Waals surface area contributed by atoms with Crippen LogP contribution in [-0.2, 0) is 4.74 Å². The van der Waals surface area contributed by atoms with Crippen molar-refractivity contribution in [1.29, 1.82) is 0 Å². The normalized spacial score (nSPS) is 15.3. The zero-order valence-corrected chi connectivity index (χ0v) is 18.3. The smallest absolute Gasteiger partial charge is 0.295 e. The van der Waals surface area contributed by atoms with Gasteiger partial charge in [0.05, 0.1) is 23.4 Å². The van der Waals surface area contributed by atoms with E-state index in [4.69, 9.17) is 9.15 Å². The Labute approximate surface area is 177 Å². The van der Waals surface area contributed by atoms with Gasteiger partial charge in [-0.15, -0.1) is 0 Å². The quantitative estimate of drug-likeness (QED) is 0.505. The summed E-state index contributed by atoms with van der Waals surface area (Å²) in [4.78, 5) is 21.8. The van der Waals surface area contributed by atoms with Crippen LogP contribution in [-0.4, -0.2) is 55.2 Å². The molecule has 1 aromatic carbocycles. The third-order valence-electron chi connectivity index (χ3n) is 4.34. The van der Waals surface area contributed by atoms with Gasteiger partial charge in [0, 0.05) is 30.7 Å². The molecule has 0 radical (unpaired) electrons. The van der Waals surface area contributed by atoms with Gasteiger partial charge in [0.2, 0.25) is 0 Å². The number of carbonyl (C=O) groups is 1. The number of aromatic nitrogens is 1. The molecule has 6 nitrogen and oxygen atoms in total. The number of morpholine rings is 1. The number of hydrogen-bond acceptors (Lipinski definition) is 6. The highest BCUT2D eigenvalue weighted by molar-refractivity contribution is 9.10. The van der Waals surface area contributed by atoms with Crippen LogP contribution in [0.2, 0.25) is 0 Å². The Kier molecular flexibility index (Phi) is 5.93. The summed E-state index contributed by atoms with van der Waals surface area (Å²) in [7, 11) is 0. The Hall–Kier alpha value is -1.26. The molecule has 142 valence electrons. The molecular formula is C18H17Br2N3O3S. The van der Waals surface area contributed by atoms with E-state index in [2.05, 4.69) is 41.7 Å². The first-order valence-electron chi connectivity index (χ1n) is 8.53. The van der Waals surface area contributed by atoms with E-state index < -0.39 is 0 Å². The van der Waals surface area contributed by atoms with Crippen molar-refractivity contribution in [3.8, 4) is 0 Å². The standard InChI is InChI=1S/C18H17Br2N3O3S/c19-12-1-2-13-15(11-12)27-18(21-13)23(6-5-22-7-9-25-10-8-22)17(24)14-3-4-16(20)26-14/h1-4,11H,5-10H2. The van der Waals surface area contributed by atoms with E-state index in [0.29, 0.717) is 22.1 Å². The Balaban J connectivity index is 1.62. The molecule has 27 heavy (non-hydrogen) atoms. The summed E-state index contributed by atoms with van der Waals surface area (Å²) >= 11 is 8.26. The lowest BCUT2D eigenvalue weighted by Gasteiger charge is -2.28. The molecule has 0 bridgehead atoms. The maximum absolute atomic E-state index is 13.1. The Morgan fingerprint density at radius 2 is 2.04 bits per heavy atom. The second-order valence-corrected chi connectivity index (χ2v) is 8.83. The molecule has 0 unspecified atom stereocenters. The predicted octanol–water partition coefficient (Wildman–Crippen LogP) is 4.39.